The molecule has 5 nitrogen and oxygen atoms in total. The maximum absolute atomic E-state index is 12.4. The summed E-state index contributed by atoms with van der Waals surface area (Å²) in [5.74, 6) is 0.346. The van der Waals surface area contributed by atoms with Crippen LogP contribution in [0.5, 0.6) is 0 Å². The van der Waals surface area contributed by atoms with Gasteiger partial charge >= 0.3 is 0 Å². The van der Waals surface area contributed by atoms with Crippen LogP contribution in [0, 0.1) is 5.41 Å². The Morgan fingerprint density at radius 1 is 1.14 bits per heavy atom. The molecule has 152 valence electrons. The van der Waals surface area contributed by atoms with Gasteiger partial charge in [-0.05, 0) is 57.4 Å². The number of carbonyl (C=O) groups is 1. The summed E-state index contributed by atoms with van der Waals surface area (Å²) in [6, 6.07) is 11.0. The van der Waals surface area contributed by atoms with Crippen molar-refractivity contribution >= 4 is 16.8 Å². The molecule has 1 aromatic heterocycles. The monoisotopic (exact) mass is 382 g/mol. The van der Waals surface area contributed by atoms with E-state index in [9.17, 15) is 4.79 Å². The highest BCUT2D eigenvalue weighted by molar-refractivity contribution is 5.81. The molecular formula is C23H34N4O. The summed E-state index contributed by atoms with van der Waals surface area (Å²) in [6.45, 7) is 6.01. The summed E-state index contributed by atoms with van der Waals surface area (Å²) in [7, 11) is 6.34. The smallest absolute Gasteiger partial charge is 0.222 e. The highest BCUT2D eigenvalue weighted by Crippen LogP contribution is 2.39. The number of piperidine rings is 2. The molecule has 28 heavy (non-hydrogen) atoms. The fourth-order valence-corrected chi connectivity index (χ4v) is 5.13. The molecule has 0 bridgehead atoms. The van der Waals surface area contributed by atoms with Crippen molar-refractivity contribution < 1.29 is 4.79 Å². The van der Waals surface area contributed by atoms with Gasteiger partial charge in [0.15, 0.2) is 0 Å². The van der Waals surface area contributed by atoms with Gasteiger partial charge in [-0.15, -0.1) is 0 Å². The minimum absolute atomic E-state index is 0.281. The predicted octanol–water partition coefficient (Wildman–Crippen LogP) is 2.94. The molecule has 5 heteroatoms. The Hall–Kier alpha value is -1.85. The van der Waals surface area contributed by atoms with Crippen LogP contribution in [-0.2, 0) is 18.4 Å². The molecule has 0 aliphatic carbocycles. The van der Waals surface area contributed by atoms with Crippen LogP contribution in [0.4, 0.5) is 0 Å². The van der Waals surface area contributed by atoms with E-state index in [1.54, 1.807) is 0 Å². The van der Waals surface area contributed by atoms with Gasteiger partial charge in [-0.25, -0.2) is 0 Å². The topological polar surface area (TPSA) is 31.7 Å². The molecule has 2 fully saturated rings. The van der Waals surface area contributed by atoms with Gasteiger partial charge < -0.3 is 14.4 Å². The van der Waals surface area contributed by atoms with Crippen LogP contribution in [0.25, 0.3) is 10.9 Å². The Morgan fingerprint density at radius 3 is 2.75 bits per heavy atom. The Bertz CT molecular complexity index is 842. The summed E-state index contributed by atoms with van der Waals surface area (Å²) in [5, 5.41) is 1.32. The first-order valence-electron chi connectivity index (χ1n) is 10.6. The zero-order valence-corrected chi connectivity index (χ0v) is 17.7. The van der Waals surface area contributed by atoms with E-state index in [4.69, 9.17) is 0 Å². The summed E-state index contributed by atoms with van der Waals surface area (Å²) in [6.07, 6.45) is 4.26. The number of benzene rings is 1. The largest absolute Gasteiger partial charge is 0.346 e. The second-order valence-corrected chi connectivity index (χ2v) is 9.19. The Balaban J connectivity index is 1.46. The number of nitrogens with zero attached hydrogens (tertiary/aromatic N) is 4. The van der Waals surface area contributed by atoms with E-state index in [-0.39, 0.29) is 5.41 Å². The van der Waals surface area contributed by atoms with Crippen LogP contribution in [0.1, 0.15) is 31.4 Å². The molecule has 1 aromatic carbocycles. The number of aryl methyl sites for hydroxylation is 1. The van der Waals surface area contributed by atoms with Crippen molar-refractivity contribution in [3.8, 4) is 0 Å². The van der Waals surface area contributed by atoms with Gasteiger partial charge in [0.1, 0.15) is 0 Å². The van der Waals surface area contributed by atoms with E-state index in [1.165, 1.54) is 29.4 Å². The fraction of sp³-hybridized carbons (Fsp3) is 0.609. The third-order valence-electron chi connectivity index (χ3n) is 6.74. The zero-order chi connectivity index (χ0) is 19.7. The van der Waals surface area contributed by atoms with Crippen LogP contribution in [-0.4, -0.2) is 72.0 Å². The average molecular weight is 383 g/mol. The summed E-state index contributed by atoms with van der Waals surface area (Å²) in [4.78, 5) is 19.4. The van der Waals surface area contributed by atoms with Crippen molar-refractivity contribution in [3.63, 3.8) is 0 Å². The van der Waals surface area contributed by atoms with Crippen molar-refractivity contribution in [2.24, 2.45) is 12.5 Å². The van der Waals surface area contributed by atoms with Gasteiger partial charge in [-0.1, -0.05) is 18.2 Å². The Kier molecular flexibility index (Phi) is 5.48. The number of fused-ring (bicyclic) bond motifs is 1. The minimum Gasteiger partial charge on any atom is -0.346 e. The standard InChI is InChI=1S/C23H34N4O/c1-24(2)13-14-27-18-23(11-9-22(27)28)10-6-12-26(17-23)16-20-15-19-7-4-5-8-21(19)25(20)3/h4-5,7-8,15H,6,9-14,16-18H2,1-3H3. The molecule has 0 radical (unpaired) electrons. The molecule has 1 spiro atoms. The molecule has 2 aliphatic rings. The highest BCUT2D eigenvalue weighted by atomic mass is 16.2. The molecule has 3 heterocycles. The number of amides is 1. The fourth-order valence-electron chi connectivity index (χ4n) is 5.13. The summed E-state index contributed by atoms with van der Waals surface area (Å²) in [5.41, 5.74) is 2.97. The zero-order valence-electron chi connectivity index (χ0n) is 17.7. The second-order valence-electron chi connectivity index (χ2n) is 9.19. The molecule has 1 atom stereocenters. The van der Waals surface area contributed by atoms with Gasteiger partial charge in [0.05, 0.1) is 0 Å². The first-order chi connectivity index (χ1) is 13.5. The number of hydrogen-bond donors (Lipinski definition) is 0. The van der Waals surface area contributed by atoms with Crippen molar-refractivity contribution in [1.29, 1.82) is 0 Å². The lowest BCUT2D eigenvalue weighted by Gasteiger charge is -2.48. The lowest BCUT2D eigenvalue weighted by molar-refractivity contribution is -0.139. The number of likely N-dealkylation sites (N-methyl/N-ethyl adjacent to an activating group) is 1. The first kappa shape index (κ1) is 19.5. The van der Waals surface area contributed by atoms with Gasteiger partial charge in [0, 0.05) is 62.8 Å². The molecule has 2 aromatic rings. The molecule has 4 rings (SSSR count). The molecule has 1 unspecified atom stereocenters. The van der Waals surface area contributed by atoms with E-state index in [0.29, 0.717) is 5.91 Å². The van der Waals surface area contributed by atoms with E-state index >= 15 is 0 Å². The van der Waals surface area contributed by atoms with Crippen molar-refractivity contribution in [1.82, 2.24) is 19.3 Å². The van der Waals surface area contributed by atoms with Crippen LogP contribution in [0.15, 0.2) is 30.3 Å². The number of likely N-dealkylation sites (tertiary alicyclic amines) is 2. The number of hydrogen-bond acceptors (Lipinski definition) is 3. The molecule has 0 saturated carbocycles. The van der Waals surface area contributed by atoms with Crippen LogP contribution in [0.3, 0.4) is 0 Å². The normalized spacial score (nSPS) is 24.0. The number of aromatic nitrogens is 1. The quantitative estimate of drug-likeness (QED) is 0.797. The van der Waals surface area contributed by atoms with Crippen LogP contribution in [0.2, 0.25) is 0 Å². The van der Waals surface area contributed by atoms with Crippen LogP contribution < -0.4 is 0 Å². The van der Waals surface area contributed by atoms with E-state index in [2.05, 4.69) is 70.7 Å². The number of carbonyl (C=O) groups excluding carboxylic acids is 1. The summed E-state index contributed by atoms with van der Waals surface area (Å²) >= 11 is 0. The Morgan fingerprint density at radius 2 is 1.96 bits per heavy atom. The van der Waals surface area contributed by atoms with Gasteiger partial charge in [0.25, 0.3) is 0 Å². The number of rotatable bonds is 5. The molecule has 1 amide bonds. The van der Waals surface area contributed by atoms with Gasteiger partial charge in [0.2, 0.25) is 5.91 Å². The third kappa shape index (κ3) is 3.96. The summed E-state index contributed by atoms with van der Waals surface area (Å²) < 4.78 is 2.34. The maximum Gasteiger partial charge on any atom is 0.222 e. The SMILES string of the molecule is CN(C)CCN1CC2(CCCN(Cc3cc4ccccc4n3C)C2)CCC1=O. The number of para-hydroxylation sites is 1. The maximum atomic E-state index is 12.4. The van der Waals surface area contributed by atoms with Crippen molar-refractivity contribution in [3.05, 3.63) is 36.0 Å². The molecule has 0 N–H and O–H groups in total. The predicted molar refractivity (Wildman–Crippen MR) is 114 cm³/mol. The lowest BCUT2D eigenvalue weighted by Crippen LogP contribution is -2.54. The van der Waals surface area contributed by atoms with E-state index in [1.807, 2.05) is 0 Å². The molecule has 2 saturated heterocycles. The minimum atomic E-state index is 0.281. The van der Waals surface area contributed by atoms with Crippen molar-refractivity contribution in [2.75, 3.05) is 46.8 Å². The molecular weight excluding hydrogens is 348 g/mol. The third-order valence-corrected chi connectivity index (χ3v) is 6.74. The van der Waals surface area contributed by atoms with E-state index < -0.39 is 0 Å². The van der Waals surface area contributed by atoms with E-state index in [0.717, 1.165) is 52.1 Å². The highest BCUT2D eigenvalue weighted by Gasteiger charge is 2.41. The molecule has 2 aliphatic heterocycles. The second kappa shape index (κ2) is 7.88. The average Bonchev–Trinajstić information content (AvgIpc) is 2.99. The van der Waals surface area contributed by atoms with Gasteiger partial charge in [-0.2, -0.15) is 0 Å². The lowest BCUT2D eigenvalue weighted by atomic mass is 9.73. The van der Waals surface area contributed by atoms with Crippen molar-refractivity contribution in [2.45, 2.75) is 32.2 Å². The van der Waals surface area contributed by atoms with Crippen LogP contribution >= 0.6 is 0 Å². The van der Waals surface area contributed by atoms with Gasteiger partial charge in [-0.3, -0.25) is 9.69 Å². The Labute approximate surface area is 168 Å². The first-order valence-corrected chi connectivity index (χ1v) is 10.6.